The number of hydrogen-bond acceptors (Lipinski definition) is 3. The van der Waals surface area contributed by atoms with Crippen molar-refractivity contribution in [3.63, 3.8) is 0 Å². The molecule has 1 saturated carbocycles. The number of aryl methyl sites for hydroxylation is 1. The molecule has 0 bridgehead atoms. The van der Waals surface area contributed by atoms with Crippen molar-refractivity contribution in [2.45, 2.75) is 20.3 Å². The van der Waals surface area contributed by atoms with Crippen LogP contribution in [0.4, 0.5) is 5.69 Å². The van der Waals surface area contributed by atoms with E-state index in [1.165, 1.54) is 7.11 Å². The lowest BCUT2D eigenvalue weighted by Gasteiger charge is -2.09. The van der Waals surface area contributed by atoms with Crippen molar-refractivity contribution >= 4 is 17.6 Å². The molecule has 2 rings (SSSR count). The standard InChI is InChI=1S/C14H17NO3/c1-8-4-5-10(14(17)18-3)7-12(8)15-13(16)11-6-9(11)2/h4-5,7,9,11H,6H2,1-3H3,(H,15,16)/t9-,11-/m0/s1. The maximum absolute atomic E-state index is 11.9. The fourth-order valence-electron chi connectivity index (χ4n) is 1.91. The number of ether oxygens (including phenoxy) is 1. The Morgan fingerprint density at radius 3 is 2.61 bits per heavy atom. The molecule has 1 fully saturated rings. The van der Waals surface area contributed by atoms with Crippen LogP contribution in [-0.4, -0.2) is 19.0 Å². The first-order valence-electron chi connectivity index (χ1n) is 6.02. The topological polar surface area (TPSA) is 55.4 Å². The Bertz CT molecular complexity index is 496. The van der Waals surface area contributed by atoms with Crippen LogP contribution in [0.2, 0.25) is 0 Å². The van der Waals surface area contributed by atoms with Gasteiger partial charge in [-0.3, -0.25) is 4.79 Å². The minimum Gasteiger partial charge on any atom is -0.465 e. The van der Waals surface area contributed by atoms with Crippen LogP contribution in [0.15, 0.2) is 18.2 Å². The van der Waals surface area contributed by atoms with E-state index in [0.717, 1.165) is 12.0 Å². The van der Waals surface area contributed by atoms with E-state index in [1.807, 2.05) is 6.92 Å². The Labute approximate surface area is 106 Å². The molecule has 2 atom stereocenters. The SMILES string of the molecule is COC(=O)c1ccc(C)c(NC(=O)[C@H]2C[C@@H]2C)c1. The van der Waals surface area contributed by atoms with E-state index in [-0.39, 0.29) is 11.8 Å². The van der Waals surface area contributed by atoms with E-state index < -0.39 is 5.97 Å². The van der Waals surface area contributed by atoms with Gasteiger partial charge in [0, 0.05) is 11.6 Å². The first-order valence-corrected chi connectivity index (χ1v) is 6.02. The van der Waals surface area contributed by atoms with Crippen LogP contribution in [0.1, 0.15) is 29.3 Å². The quantitative estimate of drug-likeness (QED) is 0.834. The molecule has 1 N–H and O–H groups in total. The zero-order valence-electron chi connectivity index (χ0n) is 10.8. The van der Waals surface area contributed by atoms with E-state index in [1.54, 1.807) is 18.2 Å². The maximum Gasteiger partial charge on any atom is 0.337 e. The van der Waals surface area contributed by atoms with Gasteiger partial charge < -0.3 is 10.1 Å². The summed E-state index contributed by atoms with van der Waals surface area (Å²) in [7, 11) is 1.34. The Morgan fingerprint density at radius 2 is 2.06 bits per heavy atom. The average Bonchev–Trinajstić information content (AvgIpc) is 3.08. The van der Waals surface area contributed by atoms with Gasteiger partial charge in [0.1, 0.15) is 0 Å². The summed E-state index contributed by atoms with van der Waals surface area (Å²) in [6.07, 6.45) is 0.946. The predicted molar refractivity (Wildman–Crippen MR) is 68.4 cm³/mol. The monoisotopic (exact) mass is 247 g/mol. The molecule has 0 heterocycles. The van der Waals surface area contributed by atoms with Crippen molar-refractivity contribution in [1.82, 2.24) is 0 Å². The van der Waals surface area contributed by atoms with Crippen LogP contribution in [0.5, 0.6) is 0 Å². The second kappa shape index (κ2) is 4.80. The summed E-state index contributed by atoms with van der Waals surface area (Å²) < 4.78 is 4.66. The van der Waals surface area contributed by atoms with Gasteiger partial charge in [-0.25, -0.2) is 4.79 Å². The van der Waals surface area contributed by atoms with E-state index in [2.05, 4.69) is 17.0 Å². The van der Waals surface area contributed by atoms with E-state index in [9.17, 15) is 9.59 Å². The normalized spacial score (nSPS) is 21.3. The maximum atomic E-state index is 11.9. The molecule has 1 aliphatic rings. The zero-order chi connectivity index (χ0) is 13.3. The van der Waals surface area contributed by atoms with Crippen molar-refractivity contribution in [2.75, 3.05) is 12.4 Å². The fourth-order valence-corrected chi connectivity index (χ4v) is 1.91. The molecule has 1 aliphatic carbocycles. The molecule has 0 aliphatic heterocycles. The number of esters is 1. The number of hydrogen-bond donors (Lipinski definition) is 1. The molecule has 4 nitrogen and oxygen atoms in total. The lowest BCUT2D eigenvalue weighted by Crippen LogP contribution is -2.16. The zero-order valence-corrected chi connectivity index (χ0v) is 10.8. The van der Waals surface area contributed by atoms with Crippen molar-refractivity contribution in [1.29, 1.82) is 0 Å². The smallest absolute Gasteiger partial charge is 0.337 e. The van der Waals surface area contributed by atoms with Crippen LogP contribution in [-0.2, 0) is 9.53 Å². The molecule has 1 aromatic carbocycles. The van der Waals surface area contributed by atoms with Gasteiger partial charge in [-0.15, -0.1) is 0 Å². The van der Waals surface area contributed by atoms with Gasteiger partial charge in [-0.05, 0) is 37.0 Å². The van der Waals surface area contributed by atoms with Gasteiger partial charge in [0.25, 0.3) is 0 Å². The second-order valence-electron chi connectivity index (χ2n) is 4.83. The van der Waals surface area contributed by atoms with Crippen LogP contribution in [0.3, 0.4) is 0 Å². The molecule has 0 saturated heterocycles. The third kappa shape index (κ3) is 2.53. The number of rotatable bonds is 3. The highest BCUT2D eigenvalue weighted by Crippen LogP contribution is 2.38. The molecule has 4 heteroatoms. The van der Waals surface area contributed by atoms with E-state index >= 15 is 0 Å². The average molecular weight is 247 g/mol. The first-order chi connectivity index (χ1) is 8.52. The molecular weight excluding hydrogens is 230 g/mol. The molecular formula is C14H17NO3. The number of amides is 1. The molecule has 0 aromatic heterocycles. The van der Waals surface area contributed by atoms with Crippen molar-refractivity contribution in [3.05, 3.63) is 29.3 Å². The van der Waals surface area contributed by atoms with Crippen molar-refractivity contribution < 1.29 is 14.3 Å². The van der Waals surface area contributed by atoms with Crippen LogP contribution in [0.25, 0.3) is 0 Å². The third-order valence-corrected chi connectivity index (χ3v) is 3.36. The molecule has 96 valence electrons. The number of anilines is 1. The molecule has 0 unspecified atom stereocenters. The fraction of sp³-hybridized carbons (Fsp3) is 0.429. The predicted octanol–water partition coefficient (Wildman–Crippen LogP) is 2.38. The number of carbonyl (C=O) groups is 2. The van der Waals surface area contributed by atoms with Crippen LogP contribution >= 0.6 is 0 Å². The minimum absolute atomic E-state index is 0.0348. The largest absolute Gasteiger partial charge is 0.465 e. The number of carbonyl (C=O) groups excluding carboxylic acids is 2. The molecule has 0 spiro atoms. The molecule has 1 aromatic rings. The first kappa shape index (κ1) is 12.6. The summed E-state index contributed by atoms with van der Waals surface area (Å²) in [5.74, 6) is 0.221. The number of benzene rings is 1. The lowest BCUT2D eigenvalue weighted by atomic mass is 10.1. The Morgan fingerprint density at radius 1 is 1.39 bits per heavy atom. The van der Waals surface area contributed by atoms with E-state index in [0.29, 0.717) is 17.2 Å². The lowest BCUT2D eigenvalue weighted by molar-refractivity contribution is -0.117. The number of nitrogens with one attached hydrogen (secondary N) is 1. The van der Waals surface area contributed by atoms with Gasteiger partial charge in [0.15, 0.2) is 0 Å². The van der Waals surface area contributed by atoms with Gasteiger partial charge >= 0.3 is 5.97 Å². The molecule has 0 radical (unpaired) electrons. The Kier molecular flexibility index (Phi) is 3.36. The highest BCUT2D eigenvalue weighted by atomic mass is 16.5. The second-order valence-corrected chi connectivity index (χ2v) is 4.83. The van der Waals surface area contributed by atoms with Gasteiger partial charge in [-0.2, -0.15) is 0 Å². The van der Waals surface area contributed by atoms with Gasteiger partial charge in [0.2, 0.25) is 5.91 Å². The third-order valence-electron chi connectivity index (χ3n) is 3.36. The summed E-state index contributed by atoms with van der Waals surface area (Å²) in [6.45, 7) is 3.95. The summed E-state index contributed by atoms with van der Waals surface area (Å²) in [5, 5.41) is 2.88. The van der Waals surface area contributed by atoms with Gasteiger partial charge in [-0.1, -0.05) is 13.0 Å². The highest BCUT2D eigenvalue weighted by Gasteiger charge is 2.39. The summed E-state index contributed by atoms with van der Waals surface area (Å²) >= 11 is 0. The highest BCUT2D eigenvalue weighted by molar-refractivity contribution is 5.97. The summed E-state index contributed by atoms with van der Waals surface area (Å²) in [5.41, 5.74) is 2.06. The van der Waals surface area contributed by atoms with Gasteiger partial charge in [0.05, 0.1) is 12.7 Å². The van der Waals surface area contributed by atoms with Crippen LogP contribution < -0.4 is 5.32 Å². The van der Waals surface area contributed by atoms with Crippen LogP contribution in [0, 0.1) is 18.8 Å². The summed E-state index contributed by atoms with van der Waals surface area (Å²) in [6, 6.07) is 5.15. The number of methoxy groups -OCH3 is 1. The van der Waals surface area contributed by atoms with Crippen molar-refractivity contribution in [2.24, 2.45) is 11.8 Å². The molecule has 1 amide bonds. The van der Waals surface area contributed by atoms with E-state index in [4.69, 9.17) is 0 Å². The molecule has 18 heavy (non-hydrogen) atoms. The Balaban J connectivity index is 2.16. The van der Waals surface area contributed by atoms with Crippen molar-refractivity contribution in [3.8, 4) is 0 Å². The summed E-state index contributed by atoms with van der Waals surface area (Å²) in [4.78, 5) is 23.3. The minimum atomic E-state index is -0.398. The Hall–Kier alpha value is -1.84.